The summed E-state index contributed by atoms with van der Waals surface area (Å²) < 4.78 is 26.6. The first kappa shape index (κ1) is 17.1. The summed E-state index contributed by atoms with van der Waals surface area (Å²) in [5, 5.41) is 17.6. The van der Waals surface area contributed by atoms with Gasteiger partial charge < -0.3 is 5.11 Å². The Morgan fingerprint density at radius 1 is 1.43 bits per heavy atom. The van der Waals surface area contributed by atoms with Crippen molar-refractivity contribution in [3.63, 3.8) is 0 Å². The molecule has 0 fully saturated rings. The second kappa shape index (κ2) is 7.20. The number of carbonyl (C=O) groups is 1. The SMILES string of the molecule is CC(C)C(CC(=O)O)NS(=O)(=O)Cc1cccc(C#N)c1. The maximum Gasteiger partial charge on any atom is 0.304 e. The molecular weight excluding hydrogens is 292 g/mol. The number of sulfonamides is 1. The molecule has 7 heteroatoms. The second-order valence-corrected chi connectivity index (χ2v) is 6.89. The highest BCUT2D eigenvalue weighted by atomic mass is 32.2. The van der Waals surface area contributed by atoms with Gasteiger partial charge in [-0.1, -0.05) is 26.0 Å². The van der Waals surface area contributed by atoms with Gasteiger partial charge in [0.2, 0.25) is 10.0 Å². The molecule has 0 radical (unpaired) electrons. The van der Waals surface area contributed by atoms with Crippen molar-refractivity contribution in [2.45, 2.75) is 32.1 Å². The molecule has 1 aromatic carbocycles. The minimum Gasteiger partial charge on any atom is -0.481 e. The molecule has 21 heavy (non-hydrogen) atoms. The summed E-state index contributed by atoms with van der Waals surface area (Å²) in [4.78, 5) is 10.8. The predicted molar refractivity (Wildman–Crippen MR) is 77.8 cm³/mol. The van der Waals surface area contributed by atoms with Gasteiger partial charge >= 0.3 is 5.97 Å². The number of benzene rings is 1. The lowest BCUT2D eigenvalue weighted by Crippen LogP contribution is -2.40. The van der Waals surface area contributed by atoms with Crippen LogP contribution in [0.5, 0.6) is 0 Å². The average molecular weight is 310 g/mol. The van der Waals surface area contributed by atoms with Gasteiger partial charge in [-0.3, -0.25) is 4.79 Å². The van der Waals surface area contributed by atoms with E-state index in [9.17, 15) is 13.2 Å². The fraction of sp³-hybridized carbons (Fsp3) is 0.429. The van der Waals surface area contributed by atoms with Crippen LogP contribution >= 0.6 is 0 Å². The molecule has 0 aromatic heterocycles. The van der Waals surface area contributed by atoms with Gasteiger partial charge in [-0.2, -0.15) is 5.26 Å². The van der Waals surface area contributed by atoms with Gasteiger partial charge in [-0.15, -0.1) is 0 Å². The molecule has 0 amide bonds. The van der Waals surface area contributed by atoms with Crippen LogP contribution in [0.2, 0.25) is 0 Å². The van der Waals surface area contributed by atoms with E-state index in [1.807, 2.05) is 6.07 Å². The maximum absolute atomic E-state index is 12.1. The zero-order valence-electron chi connectivity index (χ0n) is 11.9. The second-order valence-electron chi connectivity index (χ2n) is 5.14. The molecule has 0 aliphatic carbocycles. The normalized spacial score (nSPS) is 12.9. The third kappa shape index (κ3) is 5.94. The van der Waals surface area contributed by atoms with Crippen LogP contribution < -0.4 is 4.72 Å². The zero-order chi connectivity index (χ0) is 16.0. The Bertz CT molecular complexity index is 647. The average Bonchev–Trinajstić information content (AvgIpc) is 2.36. The largest absolute Gasteiger partial charge is 0.481 e. The smallest absolute Gasteiger partial charge is 0.304 e. The van der Waals surface area contributed by atoms with E-state index >= 15 is 0 Å². The van der Waals surface area contributed by atoms with Gasteiger partial charge in [0.15, 0.2) is 0 Å². The number of nitrogens with zero attached hydrogens (tertiary/aromatic N) is 1. The molecule has 0 aliphatic heterocycles. The monoisotopic (exact) mass is 310 g/mol. The molecule has 0 aliphatic rings. The van der Waals surface area contributed by atoms with Gasteiger partial charge in [0.05, 0.1) is 23.8 Å². The van der Waals surface area contributed by atoms with E-state index in [0.29, 0.717) is 11.1 Å². The summed E-state index contributed by atoms with van der Waals surface area (Å²) in [7, 11) is -3.67. The number of aliphatic carboxylic acids is 1. The van der Waals surface area contributed by atoms with Crippen molar-refractivity contribution in [3.8, 4) is 6.07 Å². The Balaban J connectivity index is 2.85. The number of carboxylic acid groups (broad SMARTS) is 1. The zero-order valence-corrected chi connectivity index (χ0v) is 12.7. The van der Waals surface area contributed by atoms with Crippen molar-refractivity contribution in [1.82, 2.24) is 4.72 Å². The molecule has 6 nitrogen and oxygen atoms in total. The molecular formula is C14H18N2O4S. The van der Waals surface area contributed by atoms with E-state index in [1.54, 1.807) is 32.0 Å². The van der Waals surface area contributed by atoms with Crippen molar-refractivity contribution in [2.24, 2.45) is 5.92 Å². The fourth-order valence-electron chi connectivity index (χ4n) is 1.82. The molecule has 1 atom stereocenters. The first-order valence-electron chi connectivity index (χ1n) is 6.44. The van der Waals surface area contributed by atoms with E-state index in [-0.39, 0.29) is 18.1 Å². The van der Waals surface area contributed by atoms with Crippen LogP contribution in [0.1, 0.15) is 31.4 Å². The van der Waals surface area contributed by atoms with Crippen molar-refractivity contribution in [2.75, 3.05) is 0 Å². The Hall–Kier alpha value is -1.91. The first-order chi connectivity index (χ1) is 9.73. The number of hydrogen-bond donors (Lipinski definition) is 2. The molecule has 0 saturated carbocycles. The van der Waals surface area contributed by atoms with Gasteiger partial charge in [0.25, 0.3) is 0 Å². The summed E-state index contributed by atoms with van der Waals surface area (Å²) in [5.41, 5.74) is 0.869. The minimum absolute atomic E-state index is 0.138. The molecule has 1 unspecified atom stereocenters. The Labute approximate surface area is 124 Å². The number of carboxylic acids is 1. The van der Waals surface area contributed by atoms with Gasteiger partial charge in [0, 0.05) is 6.04 Å². The number of nitrogens with one attached hydrogen (secondary N) is 1. The molecule has 0 saturated heterocycles. The van der Waals surface area contributed by atoms with E-state index in [4.69, 9.17) is 10.4 Å². The predicted octanol–water partition coefficient (Wildman–Crippen LogP) is 1.48. The van der Waals surface area contributed by atoms with Crippen LogP contribution in [0, 0.1) is 17.2 Å². The Morgan fingerprint density at radius 2 is 2.10 bits per heavy atom. The van der Waals surface area contributed by atoms with Crippen LogP contribution in [-0.4, -0.2) is 25.5 Å². The summed E-state index contributed by atoms with van der Waals surface area (Å²) in [6, 6.07) is 7.60. The van der Waals surface area contributed by atoms with E-state index in [0.717, 1.165) is 0 Å². The van der Waals surface area contributed by atoms with Crippen molar-refractivity contribution in [3.05, 3.63) is 35.4 Å². The van der Waals surface area contributed by atoms with E-state index in [2.05, 4.69) is 4.72 Å². The Morgan fingerprint density at radius 3 is 2.62 bits per heavy atom. The Kier molecular flexibility index (Phi) is 5.88. The summed E-state index contributed by atoms with van der Waals surface area (Å²) in [5.74, 6) is -1.48. The van der Waals surface area contributed by atoms with E-state index < -0.39 is 22.0 Å². The standard InChI is InChI=1S/C14H18N2O4S/c1-10(2)13(7-14(17)18)16-21(19,20)9-12-5-3-4-11(6-12)8-15/h3-6,10,13,16H,7,9H2,1-2H3,(H,17,18). The van der Waals surface area contributed by atoms with Crippen LogP contribution in [0.4, 0.5) is 0 Å². The van der Waals surface area contributed by atoms with Crippen LogP contribution in [-0.2, 0) is 20.6 Å². The van der Waals surface area contributed by atoms with Crippen molar-refractivity contribution < 1.29 is 18.3 Å². The van der Waals surface area contributed by atoms with Crippen LogP contribution in [0.15, 0.2) is 24.3 Å². The van der Waals surface area contributed by atoms with Crippen LogP contribution in [0.25, 0.3) is 0 Å². The molecule has 0 bridgehead atoms. The molecule has 1 aromatic rings. The van der Waals surface area contributed by atoms with Gasteiger partial charge in [-0.05, 0) is 23.6 Å². The summed E-state index contributed by atoms with van der Waals surface area (Å²) in [6.45, 7) is 3.51. The fourth-order valence-corrected chi connectivity index (χ4v) is 3.34. The summed E-state index contributed by atoms with van der Waals surface area (Å²) >= 11 is 0. The summed E-state index contributed by atoms with van der Waals surface area (Å²) in [6.07, 6.45) is -0.269. The number of rotatable bonds is 7. The lowest BCUT2D eigenvalue weighted by Gasteiger charge is -2.20. The highest BCUT2D eigenvalue weighted by Crippen LogP contribution is 2.12. The number of hydrogen-bond acceptors (Lipinski definition) is 4. The molecule has 0 spiro atoms. The maximum atomic E-state index is 12.1. The third-order valence-electron chi connectivity index (χ3n) is 2.94. The third-order valence-corrected chi connectivity index (χ3v) is 4.32. The molecule has 1 rings (SSSR count). The highest BCUT2D eigenvalue weighted by Gasteiger charge is 2.23. The quantitative estimate of drug-likeness (QED) is 0.793. The van der Waals surface area contributed by atoms with E-state index in [1.165, 1.54) is 6.07 Å². The molecule has 114 valence electrons. The lowest BCUT2D eigenvalue weighted by atomic mass is 10.0. The minimum atomic E-state index is -3.67. The molecule has 2 N–H and O–H groups in total. The van der Waals surface area contributed by atoms with Gasteiger partial charge in [-0.25, -0.2) is 13.1 Å². The van der Waals surface area contributed by atoms with Crippen molar-refractivity contribution in [1.29, 1.82) is 5.26 Å². The highest BCUT2D eigenvalue weighted by molar-refractivity contribution is 7.88. The topological polar surface area (TPSA) is 107 Å². The molecule has 0 heterocycles. The van der Waals surface area contributed by atoms with Crippen molar-refractivity contribution >= 4 is 16.0 Å². The number of nitriles is 1. The lowest BCUT2D eigenvalue weighted by molar-refractivity contribution is -0.137. The first-order valence-corrected chi connectivity index (χ1v) is 8.09. The van der Waals surface area contributed by atoms with Crippen LogP contribution in [0.3, 0.4) is 0 Å². The van der Waals surface area contributed by atoms with Gasteiger partial charge in [0.1, 0.15) is 0 Å².